The molecule has 2 aromatic rings. The van der Waals surface area contributed by atoms with Crippen LogP contribution in [0.4, 0.5) is 19.4 Å². The van der Waals surface area contributed by atoms with Gasteiger partial charge in [0, 0.05) is 6.42 Å². The number of ether oxygens (including phenoxy) is 1. The minimum atomic E-state index is -1.98. The maximum absolute atomic E-state index is 16.5. The van der Waals surface area contributed by atoms with Gasteiger partial charge in [-0.05, 0) is 55.3 Å². The second-order valence-corrected chi connectivity index (χ2v) is 11.9. The third-order valence-electron chi connectivity index (χ3n) is 6.05. The van der Waals surface area contributed by atoms with Crippen molar-refractivity contribution in [1.29, 1.82) is 0 Å². The highest BCUT2D eigenvalue weighted by atomic mass is 79.9. The molecule has 7 nitrogen and oxygen atoms in total. The van der Waals surface area contributed by atoms with Gasteiger partial charge in [-0.25, -0.2) is 28.5 Å². The van der Waals surface area contributed by atoms with Crippen LogP contribution in [0.1, 0.15) is 47.0 Å². The molecule has 190 valence electrons. The van der Waals surface area contributed by atoms with Crippen LogP contribution in [0, 0.1) is 5.82 Å². The number of aromatic nitrogens is 3. The van der Waals surface area contributed by atoms with Crippen LogP contribution in [-0.2, 0) is 4.74 Å². The molecule has 0 unspecified atom stereocenters. The van der Waals surface area contributed by atoms with Gasteiger partial charge in [0.1, 0.15) is 21.5 Å². The summed E-state index contributed by atoms with van der Waals surface area (Å²) in [5.41, 5.74) is -0.759. The number of alkyl halides is 1. The number of fused-ring (bicyclic) bond motifs is 3. The Balaban J connectivity index is 1.88. The number of hydrogen-bond donors (Lipinski definition) is 0. The molecule has 2 aliphatic heterocycles. The van der Waals surface area contributed by atoms with Crippen molar-refractivity contribution in [3.8, 4) is 0 Å². The molecule has 35 heavy (non-hydrogen) atoms. The van der Waals surface area contributed by atoms with Crippen molar-refractivity contribution in [2.45, 2.75) is 75.6 Å². The smallest absolute Gasteiger partial charge is 0.413 e. The van der Waals surface area contributed by atoms with Gasteiger partial charge in [0.25, 0.3) is 0 Å². The van der Waals surface area contributed by atoms with Crippen LogP contribution < -0.4 is 4.90 Å². The van der Waals surface area contributed by atoms with E-state index in [4.69, 9.17) is 21.3 Å². The van der Waals surface area contributed by atoms with Crippen molar-refractivity contribution in [3.63, 3.8) is 0 Å². The zero-order valence-electron chi connectivity index (χ0n) is 19.9. The maximum atomic E-state index is 16.5. The first-order valence-corrected chi connectivity index (χ1v) is 13.5. The number of halogens is 4. The highest BCUT2D eigenvalue weighted by Crippen LogP contribution is 2.47. The van der Waals surface area contributed by atoms with E-state index in [0.29, 0.717) is 35.0 Å². The Morgan fingerprint density at radius 3 is 2.74 bits per heavy atom. The maximum Gasteiger partial charge on any atom is 0.413 e. The zero-order valence-corrected chi connectivity index (χ0v) is 23.1. The van der Waals surface area contributed by atoms with Gasteiger partial charge in [-0.2, -0.15) is 0 Å². The van der Waals surface area contributed by atoms with Gasteiger partial charge in [0.05, 0.1) is 24.0 Å². The number of piperazine rings is 1. The molecule has 0 spiro atoms. The monoisotopic (exact) mass is 589 g/mol. The normalized spacial score (nSPS) is 24.2. The van der Waals surface area contributed by atoms with E-state index in [1.165, 1.54) is 16.7 Å². The van der Waals surface area contributed by atoms with Gasteiger partial charge in [-0.3, -0.25) is 4.90 Å². The topological polar surface area (TPSA) is 71.5 Å². The minimum absolute atomic E-state index is 0.00463. The Morgan fingerprint density at radius 2 is 2.11 bits per heavy atom. The van der Waals surface area contributed by atoms with Gasteiger partial charge in [-0.1, -0.05) is 36.4 Å². The largest absolute Gasteiger partial charge is 0.444 e. The van der Waals surface area contributed by atoms with Crippen molar-refractivity contribution < 1.29 is 18.3 Å². The fourth-order valence-corrected chi connectivity index (χ4v) is 6.17. The number of carbonyl (C=O) groups excluding carboxylic acids is 1. The number of thioether (sulfide) groups is 1. The predicted octanol–water partition coefficient (Wildman–Crippen LogP) is 6.52. The summed E-state index contributed by atoms with van der Waals surface area (Å²) >= 11 is 10.7. The van der Waals surface area contributed by atoms with Gasteiger partial charge < -0.3 is 9.64 Å². The summed E-state index contributed by atoms with van der Waals surface area (Å²) in [6, 6.07) is -0.854. The van der Waals surface area contributed by atoms with E-state index in [2.05, 4.69) is 32.5 Å². The Hall–Kier alpha value is -1.72. The number of nitrogens with zero attached hydrogens (tertiary/aromatic N) is 5. The van der Waals surface area contributed by atoms with E-state index in [1.807, 2.05) is 6.92 Å². The summed E-state index contributed by atoms with van der Waals surface area (Å²) in [6.07, 6.45) is 2.09. The zero-order chi connectivity index (χ0) is 25.7. The Morgan fingerprint density at radius 1 is 1.40 bits per heavy atom. The molecule has 2 bridgehead atoms. The van der Waals surface area contributed by atoms with Crippen LogP contribution in [-0.4, -0.2) is 61.7 Å². The molecule has 4 rings (SSSR count). The second-order valence-electron chi connectivity index (χ2n) is 9.59. The average molecular weight is 591 g/mol. The van der Waals surface area contributed by atoms with Crippen molar-refractivity contribution in [2.24, 2.45) is 0 Å². The number of amides is 1. The van der Waals surface area contributed by atoms with E-state index in [1.54, 1.807) is 31.7 Å². The molecule has 2 fully saturated rings. The van der Waals surface area contributed by atoms with Gasteiger partial charge in [0.15, 0.2) is 16.1 Å². The van der Waals surface area contributed by atoms with E-state index in [0.717, 1.165) is 0 Å². The molecular formula is C23H27BrClF2N5O2S. The molecule has 0 saturated carbocycles. The first-order chi connectivity index (χ1) is 16.4. The minimum Gasteiger partial charge on any atom is -0.444 e. The predicted molar refractivity (Wildman–Crippen MR) is 137 cm³/mol. The summed E-state index contributed by atoms with van der Waals surface area (Å²) in [7, 11) is 0. The van der Waals surface area contributed by atoms with Gasteiger partial charge in [0.2, 0.25) is 5.79 Å². The van der Waals surface area contributed by atoms with Crippen molar-refractivity contribution in [2.75, 3.05) is 17.2 Å². The molecule has 3 atom stereocenters. The van der Waals surface area contributed by atoms with Crippen LogP contribution in [0.25, 0.3) is 10.9 Å². The van der Waals surface area contributed by atoms with E-state index in [-0.39, 0.29) is 34.3 Å². The summed E-state index contributed by atoms with van der Waals surface area (Å²) in [4.78, 5) is 29.2. The quantitative estimate of drug-likeness (QED) is 0.129. The number of anilines is 1. The average Bonchev–Trinajstić information content (AvgIpc) is 3.02. The summed E-state index contributed by atoms with van der Waals surface area (Å²) in [5, 5.41) is 0.325. The second kappa shape index (κ2) is 9.63. The van der Waals surface area contributed by atoms with Crippen LogP contribution in [0.2, 0.25) is 5.15 Å². The first kappa shape index (κ1) is 26.3. The molecular weight excluding hydrogens is 564 g/mol. The number of carbonyl (C=O) groups is 1. The standard InChI is InChI=1S/C23H27BrClF2N5O2S/c1-6-8-12-13-9-10-23(27,32(13)21(33)34-22(3,4)5)11-31(12)19-14-16(28-20(30-19)35-7-2)15(26)18(25)29-17(14)24/h6,12-13H,1,7-11H2,2-5H3/t12-,13+,23-/m1/s1. The lowest BCUT2D eigenvalue weighted by Crippen LogP contribution is -2.66. The first-order valence-electron chi connectivity index (χ1n) is 11.3. The fraction of sp³-hybridized carbons (Fsp3) is 0.565. The Kier molecular flexibility index (Phi) is 7.25. The third-order valence-corrected chi connectivity index (χ3v) is 7.60. The molecule has 1 amide bonds. The van der Waals surface area contributed by atoms with Crippen LogP contribution >= 0.6 is 39.3 Å². The lowest BCUT2D eigenvalue weighted by molar-refractivity contribution is -0.0575. The molecule has 0 aromatic carbocycles. The molecule has 0 radical (unpaired) electrons. The molecule has 0 aliphatic carbocycles. The number of rotatable bonds is 5. The molecule has 2 saturated heterocycles. The molecule has 2 aromatic heterocycles. The summed E-state index contributed by atoms with van der Waals surface area (Å²) < 4.78 is 37.3. The highest BCUT2D eigenvalue weighted by Gasteiger charge is 2.59. The van der Waals surface area contributed by atoms with E-state index >= 15 is 8.78 Å². The summed E-state index contributed by atoms with van der Waals surface area (Å²) in [5.74, 6) is -1.75. The number of pyridine rings is 1. The van der Waals surface area contributed by atoms with E-state index in [9.17, 15) is 4.79 Å². The van der Waals surface area contributed by atoms with Crippen LogP contribution in [0.15, 0.2) is 22.4 Å². The Labute approximate surface area is 220 Å². The SMILES string of the molecule is C=CC[C@@H]1[C@@H]2CC[C@](F)(CN1c1nc(SCC)nc3c(F)c(Cl)nc(Br)c13)N2C(=O)OC(C)(C)C. The van der Waals surface area contributed by atoms with Crippen LogP contribution in [0.3, 0.4) is 0 Å². The molecule has 2 aliphatic rings. The summed E-state index contributed by atoms with van der Waals surface area (Å²) in [6.45, 7) is 10.9. The van der Waals surface area contributed by atoms with Gasteiger partial charge >= 0.3 is 6.09 Å². The van der Waals surface area contributed by atoms with Crippen molar-refractivity contribution in [3.05, 3.63) is 28.2 Å². The number of hydrogen-bond acceptors (Lipinski definition) is 7. The highest BCUT2D eigenvalue weighted by molar-refractivity contribution is 9.10. The molecule has 0 N–H and O–H groups in total. The fourth-order valence-electron chi connectivity index (χ4n) is 4.79. The van der Waals surface area contributed by atoms with Gasteiger partial charge in [-0.15, -0.1) is 6.58 Å². The van der Waals surface area contributed by atoms with Crippen molar-refractivity contribution >= 4 is 62.1 Å². The molecule has 4 heterocycles. The Bertz CT molecular complexity index is 1180. The lowest BCUT2D eigenvalue weighted by atomic mass is 9.98. The molecule has 12 heteroatoms. The van der Waals surface area contributed by atoms with Crippen molar-refractivity contribution in [1.82, 2.24) is 19.9 Å². The van der Waals surface area contributed by atoms with E-state index < -0.39 is 29.3 Å². The lowest BCUT2D eigenvalue weighted by Gasteiger charge is -2.49. The van der Waals surface area contributed by atoms with Crippen LogP contribution in [0.5, 0.6) is 0 Å². The third kappa shape index (κ3) is 4.83.